The zero-order valence-electron chi connectivity index (χ0n) is 15.0. The topological polar surface area (TPSA) is 174 Å². The molecule has 10 nitrogen and oxygen atoms in total. The molecular weight excluding hydrogens is 432 g/mol. The highest BCUT2D eigenvalue weighted by Gasteiger charge is 2.30. The summed E-state index contributed by atoms with van der Waals surface area (Å²) in [4.78, 5) is -2.39. The monoisotopic (exact) mass is 452 g/mol. The van der Waals surface area contributed by atoms with Crippen molar-refractivity contribution in [2.75, 3.05) is 11.1 Å². The minimum absolute atomic E-state index is 0.0477. The fourth-order valence-corrected chi connectivity index (χ4v) is 6.30. The quantitative estimate of drug-likeness (QED) is 0.497. The Morgan fingerprint density at radius 2 is 1.71 bits per heavy atom. The highest BCUT2D eigenvalue weighted by molar-refractivity contribution is 7.93. The second kappa shape index (κ2) is 7.83. The number of sulfonamides is 1. The van der Waals surface area contributed by atoms with E-state index in [9.17, 15) is 29.8 Å². The number of nitrogens with two attached hydrogens (primary N) is 1. The molecule has 0 aliphatic heterocycles. The molecule has 0 saturated carbocycles. The third-order valence-electron chi connectivity index (χ3n) is 3.55. The maximum atomic E-state index is 12.7. The van der Waals surface area contributed by atoms with Crippen LogP contribution in [0.1, 0.15) is 19.6 Å². The molecule has 0 atom stereocenters. The fraction of sp³-hybridized carbons (Fsp3) is 0.333. The van der Waals surface area contributed by atoms with Gasteiger partial charge in [0.25, 0.3) is 10.1 Å². The lowest BCUT2D eigenvalue weighted by molar-refractivity contribution is 0.482. The summed E-state index contributed by atoms with van der Waals surface area (Å²) >= 11 is 0. The largest absolute Gasteiger partial charge is 0.467 e. The Morgan fingerprint density at radius 3 is 2.18 bits per heavy atom. The molecule has 0 fully saturated rings. The van der Waals surface area contributed by atoms with Gasteiger partial charge in [0.1, 0.15) is 15.6 Å². The van der Waals surface area contributed by atoms with E-state index in [0.717, 1.165) is 6.07 Å². The van der Waals surface area contributed by atoms with E-state index >= 15 is 0 Å². The first kappa shape index (κ1) is 22.4. The van der Waals surface area contributed by atoms with Gasteiger partial charge < -0.3 is 9.73 Å². The van der Waals surface area contributed by atoms with Gasteiger partial charge in [-0.1, -0.05) is 13.8 Å². The van der Waals surface area contributed by atoms with E-state index in [2.05, 4.69) is 5.32 Å². The summed E-state index contributed by atoms with van der Waals surface area (Å²) in [6, 6.07) is 4.53. The number of sulfone groups is 1. The smallest absolute Gasteiger partial charge is 0.296 e. The predicted molar refractivity (Wildman–Crippen MR) is 101 cm³/mol. The van der Waals surface area contributed by atoms with Gasteiger partial charge in [0.15, 0.2) is 9.84 Å². The van der Waals surface area contributed by atoms with Crippen LogP contribution in [0, 0.1) is 5.92 Å². The van der Waals surface area contributed by atoms with Crippen LogP contribution in [0.3, 0.4) is 0 Å². The van der Waals surface area contributed by atoms with Crippen molar-refractivity contribution >= 4 is 35.7 Å². The first-order valence-electron chi connectivity index (χ1n) is 7.89. The lowest BCUT2D eigenvalue weighted by Crippen LogP contribution is -2.21. The average molecular weight is 453 g/mol. The van der Waals surface area contributed by atoms with Gasteiger partial charge in [-0.15, -0.1) is 0 Å². The van der Waals surface area contributed by atoms with Crippen molar-refractivity contribution in [2.45, 2.75) is 35.1 Å². The second-order valence-electron chi connectivity index (χ2n) is 6.42. The zero-order chi connectivity index (χ0) is 21.3. The van der Waals surface area contributed by atoms with Crippen LogP contribution in [-0.2, 0) is 36.5 Å². The van der Waals surface area contributed by atoms with E-state index in [4.69, 9.17) is 9.56 Å². The fourth-order valence-electron chi connectivity index (χ4n) is 2.48. The number of hydrogen-bond donors (Lipinski definition) is 3. The van der Waals surface area contributed by atoms with Gasteiger partial charge in [-0.05, 0) is 30.2 Å². The van der Waals surface area contributed by atoms with Gasteiger partial charge >= 0.3 is 0 Å². The minimum atomic E-state index is -4.90. The van der Waals surface area contributed by atoms with Crippen LogP contribution in [0.4, 0.5) is 5.69 Å². The molecule has 156 valence electrons. The van der Waals surface area contributed by atoms with Gasteiger partial charge in [0.2, 0.25) is 10.0 Å². The van der Waals surface area contributed by atoms with Gasteiger partial charge in [-0.3, -0.25) is 4.55 Å². The Morgan fingerprint density at radius 1 is 1.07 bits per heavy atom. The normalized spacial score (nSPS) is 13.0. The van der Waals surface area contributed by atoms with Crippen molar-refractivity contribution < 1.29 is 34.2 Å². The Bertz CT molecular complexity index is 1170. The molecule has 0 aliphatic rings. The van der Waals surface area contributed by atoms with Gasteiger partial charge in [0.05, 0.1) is 29.1 Å². The Labute approximate surface area is 163 Å². The molecule has 0 aliphatic carbocycles. The van der Waals surface area contributed by atoms with Crippen molar-refractivity contribution in [1.82, 2.24) is 0 Å². The Balaban J connectivity index is 2.74. The van der Waals surface area contributed by atoms with E-state index in [1.807, 2.05) is 0 Å². The summed E-state index contributed by atoms with van der Waals surface area (Å²) in [5.74, 6) is -0.333. The molecule has 0 spiro atoms. The van der Waals surface area contributed by atoms with Crippen LogP contribution in [0.5, 0.6) is 0 Å². The van der Waals surface area contributed by atoms with Crippen molar-refractivity contribution in [3.05, 3.63) is 36.3 Å². The molecule has 2 rings (SSSR count). The number of benzene rings is 1. The maximum Gasteiger partial charge on any atom is 0.296 e. The molecule has 0 bridgehead atoms. The van der Waals surface area contributed by atoms with E-state index < -0.39 is 50.4 Å². The van der Waals surface area contributed by atoms with Crippen molar-refractivity contribution in [2.24, 2.45) is 11.1 Å². The van der Waals surface area contributed by atoms with Crippen LogP contribution in [0.15, 0.2) is 49.6 Å². The molecule has 2 aromatic rings. The van der Waals surface area contributed by atoms with Crippen LogP contribution in [-0.4, -0.2) is 35.6 Å². The minimum Gasteiger partial charge on any atom is -0.467 e. The summed E-state index contributed by atoms with van der Waals surface area (Å²) < 4.78 is 87.3. The second-order valence-corrected chi connectivity index (χ2v) is 11.3. The molecule has 0 saturated heterocycles. The molecule has 1 aromatic carbocycles. The summed E-state index contributed by atoms with van der Waals surface area (Å²) in [7, 11) is -13.6. The van der Waals surface area contributed by atoms with E-state index in [1.54, 1.807) is 26.0 Å². The lowest BCUT2D eigenvalue weighted by Gasteiger charge is -2.16. The predicted octanol–water partition coefficient (Wildman–Crippen LogP) is 1.22. The number of nitrogens with one attached hydrogen (secondary N) is 1. The third-order valence-corrected chi connectivity index (χ3v) is 7.64. The Hall–Kier alpha value is -1.93. The first-order chi connectivity index (χ1) is 12.7. The van der Waals surface area contributed by atoms with Crippen LogP contribution in [0.2, 0.25) is 0 Å². The van der Waals surface area contributed by atoms with Gasteiger partial charge in [0, 0.05) is 0 Å². The zero-order valence-corrected chi connectivity index (χ0v) is 17.4. The molecular formula is C15H20N2O8S3. The molecule has 4 N–H and O–H groups in total. The van der Waals surface area contributed by atoms with Gasteiger partial charge in [-0.2, -0.15) is 8.42 Å². The molecule has 0 amide bonds. The van der Waals surface area contributed by atoms with Crippen molar-refractivity contribution in [1.29, 1.82) is 0 Å². The van der Waals surface area contributed by atoms with E-state index in [-0.39, 0.29) is 18.2 Å². The van der Waals surface area contributed by atoms with Crippen molar-refractivity contribution in [3.8, 4) is 0 Å². The van der Waals surface area contributed by atoms with Crippen LogP contribution >= 0.6 is 0 Å². The van der Waals surface area contributed by atoms with Crippen LogP contribution < -0.4 is 10.5 Å². The lowest BCUT2D eigenvalue weighted by atomic mass is 10.3. The number of primary sulfonamides is 1. The molecule has 13 heteroatoms. The van der Waals surface area contributed by atoms with E-state index in [1.165, 1.54) is 6.26 Å². The number of furan rings is 1. The molecule has 28 heavy (non-hydrogen) atoms. The highest BCUT2D eigenvalue weighted by Crippen LogP contribution is 2.32. The maximum absolute atomic E-state index is 12.7. The number of hydrogen-bond acceptors (Lipinski definition) is 8. The summed E-state index contributed by atoms with van der Waals surface area (Å²) in [6.45, 7) is 3.20. The summed E-state index contributed by atoms with van der Waals surface area (Å²) in [5.41, 5.74) is -0.311. The Kier molecular flexibility index (Phi) is 6.25. The SMILES string of the molecule is CC(C)CS(=O)(=O)c1cc(NCc2ccco2)c(S(=O)(=O)O)cc1S(N)(=O)=O. The van der Waals surface area contributed by atoms with Crippen LogP contribution in [0.25, 0.3) is 0 Å². The first-order valence-corrected chi connectivity index (χ1v) is 12.5. The third kappa shape index (κ3) is 5.32. The van der Waals surface area contributed by atoms with Gasteiger partial charge in [-0.25, -0.2) is 22.0 Å². The standard InChI is InChI=1S/C15H20N2O8S3/c1-10(2)9-26(18,19)14-6-12(17-8-11-4-3-5-25-11)13(28(22,23)24)7-15(14)27(16,20)21/h3-7,10,17H,8-9H2,1-2H3,(H2,16,20,21)(H,22,23,24). The average Bonchev–Trinajstić information content (AvgIpc) is 3.02. The summed E-state index contributed by atoms with van der Waals surface area (Å²) in [5, 5.41) is 7.73. The number of rotatable bonds is 8. The molecule has 0 unspecified atom stereocenters. The highest BCUT2D eigenvalue weighted by atomic mass is 32.2. The van der Waals surface area contributed by atoms with Crippen molar-refractivity contribution in [3.63, 3.8) is 0 Å². The molecule has 1 aromatic heterocycles. The molecule has 1 heterocycles. The number of anilines is 1. The van der Waals surface area contributed by atoms with E-state index in [0.29, 0.717) is 11.8 Å². The summed E-state index contributed by atoms with van der Waals surface area (Å²) in [6.07, 6.45) is 1.38. The molecule has 0 radical (unpaired) electrons.